The fraction of sp³-hybridized carbons (Fsp3) is 0.429. The van der Waals surface area contributed by atoms with Crippen molar-refractivity contribution in [2.24, 2.45) is 0 Å². The number of hydrogen-bond donors (Lipinski definition) is 2. The van der Waals surface area contributed by atoms with Gasteiger partial charge in [-0.25, -0.2) is 0 Å². The summed E-state index contributed by atoms with van der Waals surface area (Å²) in [5.74, 6) is 0.260. The molecular formula is C21H27NO2. The van der Waals surface area contributed by atoms with E-state index in [1.807, 2.05) is 12.1 Å². The van der Waals surface area contributed by atoms with Gasteiger partial charge < -0.3 is 15.2 Å². The summed E-state index contributed by atoms with van der Waals surface area (Å²) in [7, 11) is 0. The Morgan fingerprint density at radius 2 is 1.46 bits per heavy atom. The lowest BCUT2D eigenvalue weighted by Gasteiger charge is -2.35. The van der Waals surface area contributed by atoms with Gasteiger partial charge in [0.15, 0.2) is 0 Å². The summed E-state index contributed by atoms with van der Waals surface area (Å²) >= 11 is 0. The van der Waals surface area contributed by atoms with Gasteiger partial charge in [-0.3, -0.25) is 0 Å². The largest absolute Gasteiger partial charge is 0.388 e. The number of rotatable bonds is 6. The number of hydrogen-bond acceptors (Lipinski definition) is 3. The molecule has 1 atom stereocenters. The maximum absolute atomic E-state index is 10.7. The molecule has 0 saturated carbocycles. The maximum atomic E-state index is 10.7. The molecule has 128 valence electrons. The van der Waals surface area contributed by atoms with E-state index in [4.69, 9.17) is 4.74 Å². The fourth-order valence-corrected chi connectivity index (χ4v) is 3.49. The molecule has 0 aliphatic carbocycles. The fourth-order valence-electron chi connectivity index (χ4n) is 3.49. The van der Waals surface area contributed by atoms with Crippen molar-refractivity contribution in [2.75, 3.05) is 19.8 Å². The Morgan fingerprint density at radius 3 is 1.96 bits per heavy atom. The van der Waals surface area contributed by atoms with Crippen LogP contribution in [0, 0.1) is 0 Å². The van der Waals surface area contributed by atoms with E-state index in [0.29, 0.717) is 32.6 Å². The Balaban J connectivity index is 1.75. The van der Waals surface area contributed by atoms with Crippen molar-refractivity contribution in [3.8, 4) is 0 Å². The molecule has 1 fully saturated rings. The van der Waals surface area contributed by atoms with Crippen LogP contribution in [0.3, 0.4) is 0 Å². The van der Waals surface area contributed by atoms with Crippen LogP contribution < -0.4 is 5.32 Å². The first kappa shape index (κ1) is 17.2. The van der Waals surface area contributed by atoms with Gasteiger partial charge in [-0.05, 0) is 18.1 Å². The highest BCUT2D eigenvalue weighted by Crippen LogP contribution is 2.28. The second-order valence-corrected chi connectivity index (χ2v) is 6.81. The van der Waals surface area contributed by atoms with Gasteiger partial charge in [-0.1, -0.05) is 60.7 Å². The van der Waals surface area contributed by atoms with Gasteiger partial charge in [0.2, 0.25) is 0 Å². The van der Waals surface area contributed by atoms with E-state index >= 15 is 0 Å². The quantitative estimate of drug-likeness (QED) is 0.856. The number of nitrogens with one attached hydrogen (secondary N) is 1. The molecule has 1 unspecified atom stereocenters. The van der Waals surface area contributed by atoms with Crippen LogP contribution in [0.25, 0.3) is 0 Å². The highest BCUT2D eigenvalue weighted by atomic mass is 16.5. The predicted molar refractivity (Wildman–Crippen MR) is 97.2 cm³/mol. The van der Waals surface area contributed by atoms with Crippen LogP contribution in [0.4, 0.5) is 0 Å². The first-order chi connectivity index (χ1) is 11.7. The molecule has 3 nitrogen and oxygen atoms in total. The zero-order chi connectivity index (χ0) is 16.8. The Kier molecular flexibility index (Phi) is 5.67. The molecule has 2 aromatic rings. The van der Waals surface area contributed by atoms with Crippen LogP contribution in [-0.2, 0) is 4.74 Å². The normalized spacial score (nSPS) is 18.5. The molecule has 1 aliphatic heterocycles. The van der Waals surface area contributed by atoms with Crippen molar-refractivity contribution in [1.29, 1.82) is 0 Å². The average Bonchev–Trinajstić information content (AvgIpc) is 2.63. The third-order valence-corrected chi connectivity index (χ3v) is 4.99. The summed E-state index contributed by atoms with van der Waals surface area (Å²) in [6.45, 7) is 4.10. The van der Waals surface area contributed by atoms with Gasteiger partial charge in [0.25, 0.3) is 0 Å². The molecule has 0 bridgehead atoms. The molecule has 1 aliphatic rings. The van der Waals surface area contributed by atoms with Gasteiger partial charge in [-0.15, -0.1) is 0 Å². The molecule has 2 N–H and O–H groups in total. The Hall–Kier alpha value is -1.68. The molecule has 0 amide bonds. The molecule has 0 aromatic heterocycles. The summed E-state index contributed by atoms with van der Waals surface area (Å²) in [6.07, 6.45) is 1.40. The van der Waals surface area contributed by atoms with Crippen molar-refractivity contribution in [3.05, 3.63) is 71.8 Å². The minimum atomic E-state index is -0.648. The highest BCUT2D eigenvalue weighted by molar-refractivity contribution is 5.34. The van der Waals surface area contributed by atoms with Gasteiger partial charge >= 0.3 is 0 Å². The van der Waals surface area contributed by atoms with Crippen LogP contribution in [0.2, 0.25) is 0 Å². The SMILES string of the molecule is CC(NCC1(O)CCOCC1)C(c1ccccc1)c1ccccc1. The summed E-state index contributed by atoms with van der Waals surface area (Å²) in [5, 5.41) is 14.3. The zero-order valence-electron chi connectivity index (χ0n) is 14.3. The molecule has 0 radical (unpaired) electrons. The van der Waals surface area contributed by atoms with Crippen LogP contribution in [0.5, 0.6) is 0 Å². The van der Waals surface area contributed by atoms with E-state index in [1.165, 1.54) is 11.1 Å². The third kappa shape index (κ3) is 4.23. The topological polar surface area (TPSA) is 41.5 Å². The van der Waals surface area contributed by atoms with Gasteiger partial charge in [-0.2, -0.15) is 0 Å². The maximum Gasteiger partial charge on any atom is 0.0815 e. The van der Waals surface area contributed by atoms with E-state index in [9.17, 15) is 5.11 Å². The highest BCUT2D eigenvalue weighted by Gasteiger charge is 2.31. The third-order valence-electron chi connectivity index (χ3n) is 4.99. The molecule has 3 heteroatoms. The molecule has 24 heavy (non-hydrogen) atoms. The van der Waals surface area contributed by atoms with E-state index < -0.39 is 5.60 Å². The van der Waals surface area contributed by atoms with E-state index in [2.05, 4.69) is 60.8 Å². The summed E-state index contributed by atoms with van der Waals surface area (Å²) in [5.41, 5.74) is 1.94. The van der Waals surface area contributed by atoms with Crippen LogP contribution >= 0.6 is 0 Å². The summed E-state index contributed by atoms with van der Waals surface area (Å²) in [4.78, 5) is 0. The number of ether oxygens (including phenoxy) is 1. The molecule has 1 heterocycles. The van der Waals surface area contributed by atoms with E-state index in [1.54, 1.807) is 0 Å². The van der Waals surface area contributed by atoms with Crippen molar-refractivity contribution in [3.63, 3.8) is 0 Å². The molecule has 0 spiro atoms. The molecule has 3 rings (SSSR count). The standard InChI is InChI=1S/C21H27NO2/c1-17(22-16-21(23)12-14-24-15-13-21)20(18-8-4-2-5-9-18)19-10-6-3-7-11-19/h2-11,17,20,22-23H,12-16H2,1H3. The second-order valence-electron chi connectivity index (χ2n) is 6.81. The monoisotopic (exact) mass is 325 g/mol. The van der Waals surface area contributed by atoms with Gasteiger partial charge in [0, 0.05) is 44.6 Å². The van der Waals surface area contributed by atoms with E-state index in [-0.39, 0.29) is 12.0 Å². The lowest BCUT2D eigenvalue weighted by atomic mass is 9.85. The smallest absolute Gasteiger partial charge is 0.0815 e. The first-order valence-electron chi connectivity index (χ1n) is 8.81. The van der Waals surface area contributed by atoms with Gasteiger partial charge in [0.1, 0.15) is 0 Å². The van der Waals surface area contributed by atoms with Crippen molar-refractivity contribution in [1.82, 2.24) is 5.32 Å². The lowest BCUT2D eigenvalue weighted by molar-refractivity contribution is -0.0627. The first-order valence-corrected chi connectivity index (χ1v) is 8.81. The minimum absolute atomic E-state index is 0.224. The van der Waals surface area contributed by atoms with Crippen LogP contribution in [0.15, 0.2) is 60.7 Å². The average molecular weight is 325 g/mol. The van der Waals surface area contributed by atoms with Crippen molar-refractivity contribution < 1.29 is 9.84 Å². The Bertz CT molecular complexity index is 569. The summed E-state index contributed by atoms with van der Waals surface area (Å²) in [6, 6.07) is 21.4. The second kappa shape index (κ2) is 7.93. The molecular weight excluding hydrogens is 298 g/mol. The van der Waals surface area contributed by atoms with Crippen LogP contribution in [0.1, 0.15) is 36.8 Å². The zero-order valence-corrected chi connectivity index (χ0v) is 14.3. The molecule has 1 saturated heterocycles. The predicted octanol–water partition coefficient (Wildman–Crippen LogP) is 3.34. The lowest BCUT2D eigenvalue weighted by Crippen LogP contribution is -2.48. The minimum Gasteiger partial charge on any atom is -0.388 e. The molecule has 2 aromatic carbocycles. The van der Waals surface area contributed by atoms with Crippen molar-refractivity contribution >= 4 is 0 Å². The van der Waals surface area contributed by atoms with Gasteiger partial charge in [0.05, 0.1) is 5.60 Å². The number of aliphatic hydroxyl groups is 1. The number of benzene rings is 2. The summed E-state index contributed by atoms with van der Waals surface area (Å²) < 4.78 is 5.37. The van der Waals surface area contributed by atoms with E-state index in [0.717, 1.165) is 0 Å². The van der Waals surface area contributed by atoms with Crippen LogP contribution in [-0.4, -0.2) is 36.5 Å². The Morgan fingerprint density at radius 1 is 0.958 bits per heavy atom. The van der Waals surface area contributed by atoms with Crippen molar-refractivity contribution in [2.45, 2.75) is 37.3 Å². The Labute approximate surface area is 144 Å².